The van der Waals surface area contributed by atoms with Crippen molar-refractivity contribution >= 4 is 17.3 Å². The number of rotatable bonds is 3. The van der Waals surface area contributed by atoms with Crippen LogP contribution in [0.5, 0.6) is 11.5 Å². The zero-order valence-electron chi connectivity index (χ0n) is 10.4. The van der Waals surface area contributed by atoms with E-state index in [9.17, 15) is 9.90 Å². The Balaban J connectivity index is 2.20. The van der Waals surface area contributed by atoms with Crippen LogP contribution >= 0.6 is 0 Å². The molecule has 0 radical (unpaired) electrons. The van der Waals surface area contributed by atoms with E-state index >= 15 is 0 Å². The van der Waals surface area contributed by atoms with E-state index < -0.39 is 5.91 Å². The smallest absolute Gasteiger partial charge is 0.259 e. The molecule has 0 aliphatic carbocycles. The summed E-state index contributed by atoms with van der Waals surface area (Å²) in [5.41, 5.74) is 6.92. The van der Waals surface area contributed by atoms with Gasteiger partial charge in [0.1, 0.15) is 11.5 Å². The molecule has 98 valence electrons. The number of ether oxygens (including phenoxy) is 1. The number of amides is 1. The molecule has 0 saturated heterocycles. The third kappa shape index (κ3) is 2.95. The van der Waals surface area contributed by atoms with Crippen molar-refractivity contribution in [1.29, 1.82) is 0 Å². The zero-order valence-corrected chi connectivity index (χ0v) is 10.4. The number of carbonyl (C=O) groups excluding carboxylic acids is 1. The summed E-state index contributed by atoms with van der Waals surface area (Å²) in [6.45, 7) is 0. The van der Waals surface area contributed by atoms with Gasteiger partial charge in [-0.1, -0.05) is 6.07 Å². The SMILES string of the molecule is COc1ccc(C(=O)Nc2cccc(N)c2)c(O)c1. The molecule has 2 rings (SSSR count). The van der Waals surface area contributed by atoms with Gasteiger partial charge in [-0.05, 0) is 30.3 Å². The van der Waals surface area contributed by atoms with Crippen LogP contribution in [-0.2, 0) is 0 Å². The third-order valence-electron chi connectivity index (χ3n) is 2.59. The molecule has 0 fully saturated rings. The van der Waals surface area contributed by atoms with Gasteiger partial charge in [-0.15, -0.1) is 0 Å². The number of nitrogens with two attached hydrogens (primary N) is 1. The molecule has 0 spiro atoms. The number of methoxy groups -OCH3 is 1. The van der Waals surface area contributed by atoms with E-state index in [4.69, 9.17) is 10.5 Å². The molecule has 0 heterocycles. The van der Waals surface area contributed by atoms with E-state index in [1.807, 2.05) is 0 Å². The number of phenolic OH excluding ortho intramolecular Hbond substituents is 1. The summed E-state index contributed by atoms with van der Waals surface area (Å²) in [7, 11) is 1.49. The minimum Gasteiger partial charge on any atom is -0.507 e. The number of anilines is 2. The topological polar surface area (TPSA) is 84.6 Å². The maximum atomic E-state index is 12.0. The Hall–Kier alpha value is -2.69. The normalized spacial score (nSPS) is 9.95. The maximum absolute atomic E-state index is 12.0. The van der Waals surface area contributed by atoms with Gasteiger partial charge < -0.3 is 20.9 Å². The summed E-state index contributed by atoms with van der Waals surface area (Å²) in [4.78, 5) is 12.0. The van der Waals surface area contributed by atoms with Gasteiger partial charge in [0.05, 0.1) is 12.7 Å². The molecule has 19 heavy (non-hydrogen) atoms. The van der Waals surface area contributed by atoms with Gasteiger partial charge in [-0.25, -0.2) is 0 Å². The van der Waals surface area contributed by atoms with E-state index in [-0.39, 0.29) is 11.3 Å². The van der Waals surface area contributed by atoms with Gasteiger partial charge in [0.25, 0.3) is 5.91 Å². The van der Waals surface area contributed by atoms with Gasteiger partial charge in [0.2, 0.25) is 0 Å². The number of carbonyl (C=O) groups is 1. The Morgan fingerprint density at radius 3 is 2.68 bits per heavy atom. The Kier molecular flexibility index (Phi) is 3.56. The summed E-state index contributed by atoms with van der Waals surface area (Å²) in [5.74, 6) is -0.0653. The monoisotopic (exact) mass is 258 g/mol. The molecule has 2 aromatic carbocycles. The lowest BCUT2D eigenvalue weighted by atomic mass is 10.1. The standard InChI is InChI=1S/C14H14N2O3/c1-19-11-5-6-12(13(17)8-11)14(18)16-10-4-2-3-9(15)7-10/h2-8,17H,15H2,1H3,(H,16,18). The molecule has 0 saturated carbocycles. The second-order valence-corrected chi connectivity index (χ2v) is 3.96. The van der Waals surface area contributed by atoms with Crippen LogP contribution in [0, 0.1) is 0 Å². The number of nitrogens with one attached hydrogen (secondary N) is 1. The van der Waals surface area contributed by atoms with Crippen LogP contribution in [0.2, 0.25) is 0 Å². The Morgan fingerprint density at radius 2 is 2.05 bits per heavy atom. The van der Waals surface area contributed by atoms with Crippen molar-refractivity contribution in [2.24, 2.45) is 0 Å². The summed E-state index contributed by atoms with van der Waals surface area (Å²) in [6, 6.07) is 11.3. The first-order valence-corrected chi connectivity index (χ1v) is 5.64. The molecule has 2 aromatic rings. The van der Waals surface area contributed by atoms with Crippen LogP contribution in [-0.4, -0.2) is 18.1 Å². The average molecular weight is 258 g/mol. The van der Waals surface area contributed by atoms with E-state index in [0.29, 0.717) is 17.1 Å². The predicted octanol–water partition coefficient (Wildman–Crippen LogP) is 2.24. The van der Waals surface area contributed by atoms with Gasteiger partial charge in [0.15, 0.2) is 0 Å². The first-order chi connectivity index (χ1) is 9.10. The molecular formula is C14H14N2O3. The number of nitrogen functional groups attached to an aromatic ring is 1. The fourth-order valence-electron chi connectivity index (χ4n) is 1.65. The van der Waals surface area contributed by atoms with Gasteiger partial charge in [-0.3, -0.25) is 4.79 Å². The first kappa shape index (κ1) is 12.8. The second-order valence-electron chi connectivity index (χ2n) is 3.96. The van der Waals surface area contributed by atoms with Crippen molar-refractivity contribution < 1.29 is 14.6 Å². The molecule has 0 aromatic heterocycles. The third-order valence-corrected chi connectivity index (χ3v) is 2.59. The highest BCUT2D eigenvalue weighted by Gasteiger charge is 2.12. The van der Waals surface area contributed by atoms with Crippen molar-refractivity contribution in [2.45, 2.75) is 0 Å². The van der Waals surface area contributed by atoms with E-state index in [0.717, 1.165) is 0 Å². The van der Waals surface area contributed by atoms with Crippen LogP contribution in [0.15, 0.2) is 42.5 Å². The largest absolute Gasteiger partial charge is 0.507 e. The Bertz CT molecular complexity index is 611. The number of benzene rings is 2. The molecule has 0 unspecified atom stereocenters. The summed E-state index contributed by atoms with van der Waals surface area (Å²) in [5, 5.41) is 12.4. The highest BCUT2D eigenvalue weighted by molar-refractivity contribution is 6.06. The first-order valence-electron chi connectivity index (χ1n) is 5.64. The highest BCUT2D eigenvalue weighted by atomic mass is 16.5. The summed E-state index contributed by atoms with van der Waals surface area (Å²) < 4.78 is 4.96. The van der Waals surface area contributed by atoms with Crippen LogP contribution < -0.4 is 15.8 Å². The van der Waals surface area contributed by atoms with Crippen molar-refractivity contribution in [3.63, 3.8) is 0 Å². The Morgan fingerprint density at radius 1 is 1.26 bits per heavy atom. The number of hydrogen-bond donors (Lipinski definition) is 3. The molecule has 0 aliphatic heterocycles. The van der Waals surface area contributed by atoms with Gasteiger partial charge in [-0.2, -0.15) is 0 Å². The Labute approximate surface area is 110 Å². The van der Waals surface area contributed by atoms with Crippen LogP contribution in [0.4, 0.5) is 11.4 Å². The quantitative estimate of drug-likeness (QED) is 0.737. The lowest BCUT2D eigenvalue weighted by Crippen LogP contribution is -2.12. The lowest BCUT2D eigenvalue weighted by Gasteiger charge is -2.08. The molecule has 5 nitrogen and oxygen atoms in total. The van der Waals surface area contributed by atoms with Gasteiger partial charge in [0, 0.05) is 17.4 Å². The fraction of sp³-hybridized carbons (Fsp3) is 0.0714. The zero-order chi connectivity index (χ0) is 13.8. The maximum Gasteiger partial charge on any atom is 0.259 e. The molecule has 0 bridgehead atoms. The average Bonchev–Trinajstić information content (AvgIpc) is 2.38. The lowest BCUT2D eigenvalue weighted by molar-refractivity contribution is 0.102. The van der Waals surface area contributed by atoms with Crippen molar-refractivity contribution in [3.05, 3.63) is 48.0 Å². The van der Waals surface area contributed by atoms with E-state index in [2.05, 4.69) is 5.32 Å². The number of phenols is 1. The van der Waals surface area contributed by atoms with Gasteiger partial charge >= 0.3 is 0 Å². The molecule has 5 heteroatoms. The van der Waals surface area contributed by atoms with Crippen LogP contribution in [0.3, 0.4) is 0 Å². The minimum absolute atomic E-state index is 0.138. The fourth-order valence-corrected chi connectivity index (χ4v) is 1.65. The molecular weight excluding hydrogens is 244 g/mol. The number of aromatic hydroxyl groups is 1. The molecule has 0 aliphatic rings. The minimum atomic E-state index is -0.411. The van der Waals surface area contributed by atoms with Crippen molar-refractivity contribution in [2.75, 3.05) is 18.2 Å². The molecule has 4 N–H and O–H groups in total. The predicted molar refractivity (Wildman–Crippen MR) is 73.5 cm³/mol. The highest BCUT2D eigenvalue weighted by Crippen LogP contribution is 2.24. The van der Waals surface area contributed by atoms with Crippen molar-refractivity contribution in [3.8, 4) is 11.5 Å². The second kappa shape index (κ2) is 5.30. The number of hydrogen-bond acceptors (Lipinski definition) is 4. The molecule has 0 atom stereocenters. The van der Waals surface area contributed by atoms with E-state index in [1.165, 1.54) is 19.2 Å². The van der Waals surface area contributed by atoms with Crippen LogP contribution in [0.25, 0.3) is 0 Å². The van der Waals surface area contributed by atoms with Crippen LogP contribution in [0.1, 0.15) is 10.4 Å². The van der Waals surface area contributed by atoms with E-state index in [1.54, 1.807) is 30.3 Å². The van der Waals surface area contributed by atoms with Crippen molar-refractivity contribution in [1.82, 2.24) is 0 Å². The molecule has 1 amide bonds. The summed E-state index contributed by atoms with van der Waals surface area (Å²) >= 11 is 0. The summed E-state index contributed by atoms with van der Waals surface area (Å²) in [6.07, 6.45) is 0.